The van der Waals surface area contributed by atoms with Gasteiger partial charge in [0, 0.05) is 12.2 Å². The van der Waals surface area contributed by atoms with Crippen molar-refractivity contribution in [3.63, 3.8) is 0 Å². The fourth-order valence-corrected chi connectivity index (χ4v) is 2.52. The van der Waals surface area contributed by atoms with Crippen molar-refractivity contribution >= 4 is 0 Å². The van der Waals surface area contributed by atoms with Crippen molar-refractivity contribution in [2.75, 3.05) is 6.61 Å². The topological polar surface area (TPSA) is 46.5 Å². The maximum atomic E-state index is 12.3. The van der Waals surface area contributed by atoms with Crippen LogP contribution in [0.3, 0.4) is 0 Å². The Morgan fingerprint density at radius 2 is 1.65 bits per heavy atom. The van der Waals surface area contributed by atoms with Gasteiger partial charge in [-0.25, -0.2) is 0 Å². The third-order valence-electron chi connectivity index (χ3n) is 3.92. The van der Waals surface area contributed by atoms with Crippen molar-refractivity contribution in [2.45, 2.75) is 39.7 Å². The van der Waals surface area contributed by atoms with Crippen LogP contribution >= 0.6 is 0 Å². The predicted octanol–water partition coefficient (Wildman–Crippen LogP) is 4.31. The van der Waals surface area contributed by atoms with Crippen LogP contribution in [-0.2, 0) is 4.74 Å². The van der Waals surface area contributed by atoms with Crippen molar-refractivity contribution in [3.05, 3.63) is 74.9 Å². The van der Waals surface area contributed by atoms with Gasteiger partial charge in [0.1, 0.15) is 6.10 Å². The highest BCUT2D eigenvalue weighted by molar-refractivity contribution is 5.41. The molecule has 0 aliphatic heterocycles. The van der Waals surface area contributed by atoms with Crippen molar-refractivity contribution in [1.82, 2.24) is 0 Å². The second-order valence-electron chi connectivity index (χ2n) is 6.05. The van der Waals surface area contributed by atoms with Crippen LogP contribution in [0.25, 0.3) is 0 Å². The van der Waals surface area contributed by atoms with Gasteiger partial charge in [0.25, 0.3) is 0 Å². The highest BCUT2D eigenvalue weighted by atomic mass is 16.5. The zero-order valence-electron chi connectivity index (χ0n) is 14.2. The molecular formula is C20H24O3. The van der Waals surface area contributed by atoms with Crippen LogP contribution in [0.4, 0.5) is 0 Å². The molecule has 0 saturated heterocycles. The Labute approximate surface area is 137 Å². The van der Waals surface area contributed by atoms with Crippen LogP contribution in [0.5, 0.6) is 5.75 Å². The van der Waals surface area contributed by atoms with E-state index >= 15 is 0 Å². The van der Waals surface area contributed by atoms with Gasteiger partial charge < -0.3 is 9.84 Å². The van der Waals surface area contributed by atoms with E-state index in [9.17, 15) is 9.90 Å². The minimum atomic E-state index is -0.458. The Morgan fingerprint density at radius 1 is 1.04 bits per heavy atom. The Morgan fingerprint density at radius 3 is 2.22 bits per heavy atom. The van der Waals surface area contributed by atoms with Crippen molar-refractivity contribution < 1.29 is 9.84 Å². The van der Waals surface area contributed by atoms with E-state index in [4.69, 9.17) is 4.74 Å². The van der Waals surface area contributed by atoms with Gasteiger partial charge in [-0.3, -0.25) is 4.79 Å². The molecule has 0 amide bonds. The van der Waals surface area contributed by atoms with Crippen LogP contribution in [0.2, 0.25) is 0 Å². The molecule has 2 aromatic carbocycles. The third kappa shape index (κ3) is 3.99. The molecule has 0 radical (unpaired) electrons. The average Bonchev–Trinajstić information content (AvgIpc) is 2.66. The molecule has 0 heterocycles. The molecular weight excluding hydrogens is 288 g/mol. The van der Waals surface area contributed by atoms with E-state index in [1.54, 1.807) is 6.07 Å². The fourth-order valence-electron chi connectivity index (χ4n) is 2.52. The van der Waals surface area contributed by atoms with E-state index in [1.807, 2.05) is 58.0 Å². The van der Waals surface area contributed by atoms with E-state index in [-0.39, 0.29) is 17.1 Å². The highest BCUT2D eigenvalue weighted by Gasteiger charge is 2.19. The summed E-state index contributed by atoms with van der Waals surface area (Å²) in [5, 5.41) is 10.4. The van der Waals surface area contributed by atoms with E-state index in [1.165, 1.54) is 6.07 Å². The summed E-state index contributed by atoms with van der Waals surface area (Å²) >= 11 is 0. The minimum Gasteiger partial charge on any atom is -0.504 e. The second kappa shape index (κ2) is 7.42. The monoisotopic (exact) mass is 312 g/mol. The Balaban J connectivity index is 2.59. The van der Waals surface area contributed by atoms with E-state index < -0.39 is 6.10 Å². The first-order chi connectivity index (χ1) is 10.9. The summed E-state index contributed by atoms with van der Waals surface area (Å²) in [4.78, 5) is 12.3. The van der Waals surface area contributed by atoms with Gasteiger partial charge in [0.05, 0.1) is 0 Å². The molecule has 0 aliphatic carbocycles. The van der Waals surface area contributed by atoms with Crippen LogP contribution in [0.15, 0.2) is 47.3 Å². The Kier molecular flexibility index (Phi) is 5.56. The first-order valence-corrected chi connectivity index (χ1v) is 7.99. The number of ether oxygens (including phenoxy) is 1. The molecule has 0 saturated carbocycles. The quantitative estimate of drug-likeness (QED) is 0.895. The maximum absolute atomic E-state index is 12.3. The summed E-state index contributed by atoms with van der Waals surface area (Å²) in [7, 11) is 0. The highest BCUT2D eigenvalue weighted by Crippen LogP contribution is 2.31. The van der Waals surface area contributed by atoms with Gasteiger partial charge in [-0.05, 0) is 37.0 Å². The van der Waals surface area contributed by atoms with E-state index in [0.29, 0.717) is 12.2 Å². The number of hydrogen-bond acceptors (Lipinski definition) is 3. The fraction of sp³-hybridized carbons (Fsp3) is 0.350. The molecule has 2 rings (SSSR count). The van der Waals surface area contributed by atoms with E-state index in [2.05, 4.69) is 0 Å². The van der Waals surface area contributed by atoms with Crippen molar-refractivity contribution in [3.8, 4) is 5.75 Å². The lowest BCUT2D eigenvalue weighted by Gasteiger charge is -2.18. The lowest BCUT2D eigenvalue weighted by Crippen LogP contribution is -2.08. The lowest BCUT2D eigenvalue weighted by atomic mass is 10.0. The third-order valence-corrected chi connectivity index (χ3v) is 3.92. The number of aryl methyl sites for hydroxylation is 1. The zero-order chi connectivity index (χ0) is 17.0. The summed E-state index contributed by atoms with van der Waals surface area (Å²) in [6.07, 6.45) is -0.458. The van der Waals surface area contributed by atoms with E-state index in [0.717, 1.165) is 16.7 Å². The summed E-state index contributed by atoms with van der Waals surface area (Å²) in [6.45, 7) is 8.45. The smallest absolute Gasteiger partial charge is 0.220 e. The summed E-state index contributed by atoms with van der Waals surface area (Å²) < 4.78 is 5.83. The van der Waals surface area contributed by atoms with Crippen LogP contribution in [-0.4, -0.2) is 11.7 Å². The molecule has 2 aromatic rings. The molecule has 122 valence electrons. The summed E-state index contributed by atoms with van der Waals surface area (Å²) in [5.41, 5.74) is 3.11. The number of aromatic hydroxyl groups is 1. The lowest BCUT2D eigenvalue weighted by molar-refractivity contribution is 0.0895. The first kappa shape index (κ1) is 17.2. The predicted molar refractivity (Wildman–Crippen MR) is 93.1 cm³/mol. The molecule has 0 aromatic heterocycles. The van der Waals surface area contributed by atoms with Crippen LogP contribution in [0.1, 0.15) is 55.0 Å². The molecule has 0 fully saturated rings. The molecule has 23 heavy (non-hydrogen) atoms. The number of rotatable bonds is 5. The van der Waals surface area contributed by atoms with Crippen LogP contribution < -0.4 is 5.43 Å². The molecule has 1 unspecified atom stereocenters. The Bertz CT molecular complexity index is 718. The Hall–Kier alpha value is -2.13. The molecule has 1 atom stereocenters. The van der Waals surface area contributed by atoms with Crippen LogP contribution in [0, 0.1) is 6.92 Å². The summed E-state index contributed by atoms with van der Waals surface area (Å²) in [5.74, 6) is -0.0248. The zero-order valence-corrected chi connectivity index (χ0v) is 14.2. The average molecular weight is 312 g/mol. The molecule has 0 bridgehead atoms. The summed E-state index contributed by atoms with van der Waals surface area (Å²) in [6, 6.07) is 13.1. The standard InChI is InChI=1S/C20H24O3/c1-5-23-20(15-8-6-14(4)7-9-15)17-11-10-16(13(2)3)12-18(21)19(17)22/h6-13,20H,5H2,1-4H3,(H,21,22). The van der Waals surface area contributed by atoms with Gasteiger partial charge in [-0.2, -0.15) is 0 Å². The van der Waals surface area contributed by atoms with Gasteiger partial charge in [0.2, 0.25) is 5.43 Å². The molecule has 1 N–H and O–H groups in total. The van der Waals surface area contributed by atoms with Gasteiger partial charge in [-0.1, -0.05) is 55.8 Å². The molecule has 0 spiro atoms. The van der Waals surface area contributed by atoms with Crippen molar-refractivity contribution in [2.24, 2.45) is 0 Å². The maximum Gasteiger partial charge on any atom is 0.220 e. The SMILES string of the molecule is CCOC(c1ccc(C)cc1)c1ccc(C(C)C)cc(=O)c1O. The van der Waals surface area contributed by atoms with Gasteiger partial charge in [-0.15, -0.1) is 0 Å². The molecule has 3 nitrogen and oxygen atoms in total. The first-order valence-electron chi connectivity index (χ1n) is 7.99. The molecule has 3 heteroatoms. The number of benzene rings is 1. The largest absolute Gasteiger partial charge is 0.504 e. The molecule has 0 aliphatic rings. The second-order valence-corrected chi connectivity index (χ2v) is 6.05. The van der Waals surface area contributed by atoms with Crippen molar-refractivity contribution in [1.29, 1.82) is 0 Å². The minimum absolute atomic E-state index is 0.215. The number of hydrogen-bond donors (Lipinski definition) is 1. The van der Waals surface area contributed by atoms with Gasteiger partial charge >= 0.3 is 0 Å². The normalized spacial score (nSPS) is 12.4. The van der Waals surface area contributed by atoms with Gasteiger partial charge in [0.15, 0.2) is 5.75 Å².